The highest BCUT2D eigenvalue weighted by Crippen LogP contribution is 2.37. The summed E-state index contributed by atoms with van der Waals surface area (Å²) < 4.78 is 10.9. The lowest BCUT2D eigenvalue weighted by atomic mass is 10.0. The van der Waals surface area contributed by atoms with E-state index in [2.05, 4.69) is 16.4 Å². The number of benzene rings is 2. The molecule has 1 amide bonds. The van der Waals surface area contributed by atoms with Crippen molar-refractivity contribution in [1.29, 1.82) is 0 Å². The number of hydrogen-bond donors (Lipinski definition) is 2. The van der Waals surface area contributed by atoms with Gasteiger partial charge in [0.15, 0.2) is 11.5 Å². The lowest BCUT2D eigenvalue weighted by molar-refractivity contribution is 0.0666. The fourth-order valence-corrected chi connectivity index (χ4v) is 3.97. The van der Waals surface area contributed by atoms with E-state index < -0.39 is 0 Å². The van der Waals surface area contributed by atoms with Crippen LogP contribution in [0.25, 0.3) is 0 Å². The zero-order chi connectivity index (χ0) is 19.3. The van der Waals surface area contributed by atoms with E-state index in [9.17, 15) is 4.79 Å². The fourth-order valence-electron chi connectivity index (χ4n) is 3.97. The highest BCUT2D eigenvalue weighted by atomic mass is 16.7. The zero-order valence-electron chi connectivity index (χ0n) is 15.8. The number of rotatable bonds is 3. The molecule has 1 atom stereocenters. The van der Waals surface area contributed by atoms with Crippen LogP contribution >= 0.6 is 0 Å². The Kier molecular flexibility index (Phi) is 3.79. The molecule has 2 aromatic carbocycles. The summed E-state index contributed by atoms with van der Waals surface area (Å²) in [6, 6.07) is 15.6. The van der Waals surface area contributed by atoms with E-state index in [0.717, 1.165) is 39.7 Å². The number of hydrogen-bond acceptors (Lipinski definition) is 4. The molecule has 0 unspecified atom stereocenters. The number of fused-ring (bicyclic) bond motifs is 2. The molecule has 0 spiro atoms. The summed E-state index contributed by atoms with van der Waals surface area (Å²) in [5, 5.41) is 3.55. The first kappa shape index (κ1) is 16.7. The third-order valence-electron chi connectivity index (χ3n) is 5.30. The van der Waals surface area contributed by atoms with Crippen molar-refractivity contribution in [3.05, 3.63) is 76.6 Å². The molecule has 0 radical (unpaired) electrons. The Bertz CT molecular complexity index is 1070. The second-order valence-electron chi connectivity index (χ2n) is 7.25. The molecule has 2 N–H and O–H groups in total. The molecule has 142 valence electrons. The molecule has 6 heteroatoms. The maximum atomic E-state index is 13.4. The number of aromatic nitrogens is 1. The third-order valence-corrected chi connectivity index (χ3v) is 5.30. The van der Waals surface area contributed by atoms with Crippen molar-refractivity contribution in [2.75, 3.05) is 12.1 Å². The van der Waals surface area contributed by atoms with Crippen LogP contribution in [0.1, 0.15) is 39.0 Å². The van der Waals surface area contributed by atoms with Gasteiger partial charge in [-0.15, -0.1) is 0 Å². The van der Waals surface area contributed by atoms with Crippen LogP contribution < -0.4 is 14.8 Å². The van der Waals surface area contributed by atoms with Gasteiger partial charge in [-0.3, -0.25) is 4.79 Å². The van der Waals surface area contributed by atoms with E-state index in [1.807, 2.05) is 61.2 Å². The minimum absolute atomic E-state index is 0.00951. The van der Waals surface area contributed by atoms with Crippen LogP contribution in [0.5, 0.6) is 11.5 Å². The predicted molar refractivity (Wildman–Crippen MR) is 106 cm³/mol. The van der Waals surface area contributed by atoms with Gasteiger partial charge in [0.1, 0.15) is 6.17 Å². The number of aromatic amines is 1. The van der Waals surface area contributed by atoms with E-state index in [1.54, 1.807) is 0 Å². The number of aryl methyl sites for hydroxylation is 2. The molecule has 2 aliphatic heterocycles. The molecule has 0 saturated heterocycles. The van der Waals surface area contributed by atoms with Gasteiger partial charge < -0.3 is 24.7 Å². The molecule has 5 rings (SSSR count). The first-order valence-electron chi connectivity index (χ1n) is 9.31. The summed E-state index contributed by atoms with van der Waals surface area (Å²) in [6.45, 7) is 4.76. The van der Waals surface area contributed by atoms with Crippen LogP contribution in [0.3, 0.4) is 0 Å². The summed E-state index contributed by atoms with van der Waals surface area (Å²) in [7, 11) is 0. The Morgan fingerprint density at radius 3 is 2.71 bits per heavy atom. The lowest BCUT2D eigenvalue weighted by Crippen LogP contribution is -2.42. The largest absolute Gasteiger partial charge is 0.454 e. The molecule has 0 bridgehead atoms. The monoisotopic (exact) mass is 375 g/mol. The van der Waals surface area contributed by atoms with Crippen LogP contribution in [0.4, 0.5) is 5.69 Å². The number of anilines is 1. The van der Waals surface area contributed by atoms with Gasteiger partial charge in [0.05, 0.1) is 5.56 Å². The van der Waals surface area contributed by atoms with Gasteiger partial charge in [-0.2, -0.15) is 0 Å². The van der Waals surface area contributed by atoms with Gasteiger partial charge >= 0.3 is 0 Å². The van der Waals surface area contributed by atoms with Gasteiger partial charge in [-0.05, 0) is 49.7 Å². The van der Waals surface area contributed by atoms with Gasteiger partial charge in [0.2, 0.25) is 6.79 Å². The predicted octanol–water partition coefficient (Wildman–Crippen LogP) is 4.13. The van der Waals surface area contributed by atoms with Gasteiger partial charge in [-0.25, -0.2) is 0 Å². The molecular formula is C22H21N3O3. The van der Waals surface area contributed by atoms with Crippen molar-refractivity contribution >= 4 is 11.6 Å². The Balaban J connectivity index is 1.55. The van der Waals surface area contributed by atoms with E-state index in [4.69, 9.17) is 9.47 Å². The quantitative estimate of drug-likeness (QED) is 0.722. The van der Waals surface area contributed by atoms with Crippen LogP contribution in [0.15, 0.2) is 48.5 Å². The molecule has 3 aromatic rings. The van der Waals surface area contributed by atoms with E-state index in [-0.39, 0.29) is 18.9 Å². The number of carbonyl (C=O) groups excluding carboxylic acids is 1. The number of para-hydroxylation sites is 1. The zero-order valence-corrected chi connectivity index (χ0v) is 15.8. The molecule has 6 nitrogen and oxygen atoms in total. The van der Waals surface area contributed by atoms with Crippen molar-refractivity contribution < 1.29 is 14.3 Å². The summed E-state index contributed by atoms with van der Waals surface area (Å²) >= 11 is 0. The molecular weight excluding hydrogens is 354 g/mol. The lowest BCUT2D eigenvalue weighted by Gasteiger charge is -2.38. The van der Waals surface area contributed by atoms with Gasteiger partial charge in [0.25, 0.3) is 5.91 Å². The fraction of sp³-hybridized carbons (Fsp3) is 0.227. The first-order chi connectivity index (χ1) is 13.6. The van der Waals surface area contributed by atoms with E-state index in [1.165, 1.54) is 0 Å². The van der Waals surface area contributed by atoms with E-state index in [0.29, 0.717) is 12.1 Å². The summed E-state index contributed by atoms with van der Waals surface area (Å²) in [5.41, 5.74) is 5.73. The number of ether oxygens (including phenoxy) is 2. The molecule has 1 aromatic heterocycles. The third kappa shape index (κ3) is 2.69. The Morgan fingerprint density at radius 2 is 1.89 bits per heavy atom. The topological polar surface area (TPSA) is 66.6 Å². The average molecular weight is 375 g/mol. The Labute approximate surface area is 163 Å². The minimum Gasteiger partial charge on any atom is -0.454 e. The number of nitrogens with one attached hydrogen (secondary N) is 2. The van der Waals surface area contributed by atoms with Crippen LogP contribution in [0, 0.1) is 13.8 Å². The van der Waals surface area contributed by atoms with E-state index >= 15 is 0 Å². The second kappa shape index (κ2) is 6.34. The maximum Gasteiger partial charge on any atom is 0.258 e. The minimum atomic E-state index is -0.252. The number of nitrogens with zero attached hydrogens (tertiary/aromatic N) is 1. The molecule has 2 aliphatic rings. The smallest absolute Gasteiger partial charge is 0.258 e. The standard InChI is InChI=1S/C22H21N3O3/c1-13-9-17(14(2)23-13)21-24-18-6-4-3-5-16(18)22(26)25(21)11-15-7-8-19-20(10-15)28-12-27-19/h3-10,21,23-24H,11-12H2,1-2H3/t21-/m1/s1. The van der Waals surface area contributed by atoms with Gasteiger partial charge in [0, 0.05) is 29.2 Å². The van der Waals surface area contributed by atoms with Crippen molar-refractivity contribution in [3.63, 3.8) is 0 Å². The van der Waals surface area contributed by atoms with Crippen molar-refractivity contribution in [1.82, 2.24) is 9.88 Å². The molecule has 0 aliphatic carbocycles. The highest BCUT2D eigenvalue weighted by molar-refractivity contribution is 6.01. The maximum absolute atomic E-state index is 13.4. The highest BCUT2D eigenvalue weighted by Gasteiger charge is 2.34. The number of amides is 1. The van der Waals surface area contributed by atoms with Crippen molar-refractivity contribution in [2.24, 2.45) is 0 Å². The number of carbonyl (C=O) groups is 1. The summed E-state index contributed by atoms with van der Waals surface area (Å²) in [4.78, 5) is 18.6. The second-order valence-corrected chi connectivity index (χ2v) is 7.25. The van der Waals surface area contributed by atoms with Crippen LogP contribution in [-0.2, 0) is 6.54 Å². The number of H-pyrrole nitrogens is 1. The molecule has 3 heterocycles. The average Bonchev–Trinajstić information content (AvgIpc) is 3.29. The summed E-state index contributed by atoms with van der Waals surface area (Å²) in [5.74, 6) is 1.47. The van der Waals surface area contributed by atoms with Crippen LogP contribution in [0.2, 0.25) is 0 Å². The summed E-state index contributed by atoms with van der Waals surface area (Å²) in [6.07, 6.45) is -0.252. The normalized spacial score (nSPS) is 17.4. The molecule has 28 heavy (non-hydrogen) atoms. The Hall–Kier alpha value is -3.41. The van der Waals surface area contributed by atoms with Crippen LogP contribution in [-0.4, -0.2) is 22.6 Å². The van der Waals surface area contributed by atoms with Crippen molar-refractivity contribution in [3.8, 4) is 11.5 Å². The Morgan fingerprint density at radius 1 is 1.07 bits per heavy atom. The van der Waals surface area contributed by atoms with Crippen molar-refractivity contribution in [2.45, 2.75) is 26.6 Å². The van der Waals surface area contributed by atoms with Gasteiger partial charge in [-0.1, -0.05) is 18.2 Å². The first-order valence-corrected chi connectivity index (χ1v) is 9.31. The molecule has 0 saturated carbocycles. The SMILES string of the molecule is Cc1cc([C@@H]2Nc3ccccc3C(=O)N2Cc2ccc3c(c2)OCO3)c(C)[nH]1. The molecule has 0 fully saturated rings.